The van der Waals surface area contributed by atoms with Gasteiger partial charge < -0.3 is 15.1 Å². The molecule has 0 radical (unpaired) electrons. The fourth-order valence-corrected chi connectivity index (χ4v) is 3.54. The Morgan fingerprint density at radius 3 is 2.69 bits per heavy atom. The molecular formula is C21H31N7O. The van der Waals surface area contributed by atoms with Gasteiger partial charge in [-0.15, -0.1) is 0 Å². The molecular weight excluding hydrogens is 366 g/mol. The van der Waals surface area contributed by atoms with Crippen LogP contribution in [0.3, 0.4) is 0 Å². The van der Waals surface area contributed by atoms with Gasteiger partial charge in [0.05, 0.1) is 23.1 Å². The number of nitrogens with one attached hydrogen (secondary N) is 1. The first-order chi connectivity index (χ1) is 13.8. The van der Waals surface area contributed by atoms with Gasteiger partial charge in [-0.3, -0.25) is 14.7 Å². The van der Waals surface area contributed by atoms with Crippen molar-refractivity contribution in [3.05, 3.63) is 41.6 Å². The molecule has 3 rings (SSSR count). The minimum atomic E-state index is -0.0997. The predicted molar refractivity (Wildman–Crippen MR) is 115 cm³/mol. The van der Waals surface area contributed by atoms with Crippen LogP contribution in [0.4, 0.5) is 11.5 Å². The van der Waals surface area contributed by atoms with Crippen molar-refractivity contribution in [2.24, 2.45) is 0 Å². The topological polar surface area (TPSA) is 77.5 Å². The third kappa shape index (κ3) is 5.48. The Labute approximate surface area is 173 Å². The van der Waals surface area contributed by atoms with E-state index in [1.165, 1.54) is 6.92 Å². The normalized spacial score (nSPS) is 16.1. The zero-order valence-electron chi connectivity index (χ0n) is 18.0. The second-order valence-corrected chi connectivity index (χ2v) is 7.76. The summed E-state index contributed by atoms with van der Waals surface area (Å²) in [5.74, 6) is 1.69. The highest BCUT2D eigenvalue weighted by Gasteiger charge is 2.20. The number of amides is 1. The highest BCUT2D eigenvalue weighted by Crippen LogP contribution is 2.26. The van der Waals surface area contributed by atoms with Gasteiger partial charge in [-0.05, 0) is 40.1 Å². The fraction of sp³-hybridized carbons (Fsp3) is 0.524. The number of rotatable bonds is 6. The summed E-state index contributed by atoms with van der Waals surface area (Å²) in [7, 11) is 4.20. The summed E-state index contributed by atoms with van der Waals surface area (Å²) in [6, 6.07) is 5.82. The first kappa shape index (κ1) is 21.1. The van der Waals surface area contributed by atoms with Gasteiger partial charge in [0.25, 0.3) is 0 Å². The highest BCUT2D eigenvalue weighted by atomic mass is 16.1. The van der Waals surface area contributed by atoms with E-state index < -0.39 is 0 Å². The molecule has 8 heteroatoms. The Morgan fingerprint density at radius 2 is 2.00 bits per heavy atom. The molecule has 3 heterocycles. The quantitative estimate of drug-likeness (QED) is 0.800. The number of hydrogen-bond donors (Lipinski definition) is 1. The van der Waals surface area contributed by atoms with Gasteiger partial charge in [0.1, 0.15) is 11.6 Å². The average Bonchev–Trinajstić information content (AvgIpc) is 2.67. The van der Waals surface area contributed by atoms with E-state index in [-0.39, 0.29) is 11.9 Å². The minimum Gasteiger partial charge on any atom is -0.354 e. The van der Waals surface area contributed by atoms with E-state index in [9.17, 15) is 4.79 Å². The molecule has 1 saturated heterocycles. The van der Waals surface area contributed by atoms with Crippen LogP contribution in [0, 0.1) is 6.92 Å². The van der Waals surface area contributed by atoms with Crippen LogP contribution in [0.2, 0.25) is 0 Å². The summed E-state index contributed by atoms with van der Waals surface area (Å²) in [6.07, 6.45) is 1.76. The molecule has 2 aromatic heterocycles. The number of carbonyl (C=O) groups excluding carboxylic acids is 1. The molecule has 1 N–H and O–H groups in total. The average molecular weight is 398 g/mol. The molecule has 0 unspecified atom stereocenters. The molecule has 1 amide bonds. The Bertz CT molecular complexity index is 849. The number of anilines is 2. The van der Waals surface area contributed by atoms with Crippen LogP contribution >= 0.6 is 0 Å². The second kappa shape index (κ2) is 9.28. The van der Waals surface area contributed by atoms with Crippen LogP contribution in [0.1, 0.15) is 37.1 Å². The Balaban J connectivity index is 1.75. The maximum atomic E-state index is 11.5. The van der Waals surface area contributed by atoms with Crippen molar-refractivity contribution in [2.45, 2.75) is 33.4 Å². The molecule has 1 aliphatic heterocycles. The van der Waals surface area contributed by atoms with Gasteiger partial charge in [-0.1, -0.05) is 0 Å². The van der Waals surface area contributed by atoms with E-state index >= 15 is 0 Å². The van der Waals surface area contributed by atoms with Crippen LogP contribution < -0.4 is 10.2 Å². The van der Waals surface area contributed by atoms with Crippen molar-refractivity contribution in [1.29, 1.82) is 0 Å². The molecule has 1 atom stereocenters. The molecule has 29 heavy (non-hydrogen) atoms. The largest absolute Gasteiger partial charge is 0.354 e. The summed E-state index contributed by atoms with van der Waals surface area (Å²) < 4.78 is 0. The van der Waals surface area contributed by atoms with Gasteiger partial charge in [-0.25, -0.2) is 9.97 Å². The number of nitrogens with zero attached hydrogens (tertiary/aromatic N) is 6. The molecule has 0 aliphatic carbocycles. The molecule has 0 spiro atoms. The SMILES string of the molecule is CC(=O)Nc1cccnc1[C@H](C)N(C)Cc1cc(N2CCN(C)CC2)nc(C)n1. The molecule has 156 valence electrons. The minimum absolute atomic E-state index is 0.0143. The lowest BCUT2D eigenvalue weighted by Gasteiger charge is -2.33. The Hall–Kier alpha value is -2.58. The van der Waals surface area contributed by atoms with Crippen LogP contribution in [0.25, 0.3) is 0 Å². The fourth-order valence-electron chi connectivity index (χ4n) is 3.54. The lowest BCUT2D eigenvalue weighted by molar-refractivity contribution is -0.114. The van der Waals surface area contributed by atoms with Crippen LogP contribution in [0.5, 0.6) is 0 Å². The monoisotopic (exact) mass is 397 g/mol. The summed E-state index contributed by atoms with van der Waals surface area (Å²) >= 11 is 0. The lowest BCUT2D eigenvalue weighted by atomic mass is 10.1. The molecule has 1 fully saturated rings. The van der Waals surface area contributed by atoms with E-state index in [1.54, 1.807) is 6.20 Å². The zero-order valence-corrected chi connectivity index (χ0v) is 18.0. The number of piperazine rings is 1. The first-order valence-electron chi connectivity index (χ1n) is 10.0. The Morgan fingerprint density at radius 1 is 1.28 bits per heavy atom. The van der Waals surface area contributed by atoms with E-state index in [1.807, 2.05) is 26.1 Å². The maximum absolute atomic E-state index is 11.5. The number of pyridine rings is 1. The number of aryl methyl sites for hydroxylation is 1. The van der Waals surface area contributed by atoms with Crippen LogP contribution in [-0.2, 0) is 11.3 Å². The smallest absolute Gasteiger partial charge is 0.221 e. The standard InChI is InChI=1S/C21H31N7O/c1-15(21-19(25-17(3)29)7-6-8-22-21)27(5)14-18-13-20(24-16(2)23-18)28-11-9-26(4)10-12-28/h6-8,13,15H,9-12,14H2,1-5H3,(H,25,29)/t15-/m0/s1. The molecule has 8 nitrogen and oxygen atoms in total. The van der Waals surface area contributed by atoms with Crippen LogP contribution in [0.15, 0.2) is 24.4 Å². The Kier molecular flexibility index (Phi) is 6.76. The third-order valence-corrected chi connectivity index (χ3v) is 5.32. The second-order valence-electron chi connectivity index (χ2n) is 7.76. The molecule has 0 saturated carbocycles. The zero-order chi connectivity index (χ0) is 21.0. The summed E-state index contributed by atoms with van der Waals surface area (Å²) in [5, 5.41) is 2.87. The summed E-state index contributed by atoms with van der Waals surface area (Å²) in [6.45, 7) is 10.3. The van der Waals surface area contributed by atoms with Crippen molar-refractivity contribution in [3.8, 4) is 0 Å². The van der Waals surface area contributed by atoms with E-state index in [4.69, 9.17) is 0 Å². The van der Waals surface area contributed by atoms with Gasteiger partial charge in [0.2, 0.25) is 5.91 Å². The van der Waals surface area contributed by atoms with E-state index in [0.717, 1.165) is 54.9 Å². The van der Waals surface area contributed by atoms with Gasteiger partial charge >= 0.3 is 0 Å². The van der Waals surface area contributed by atoms with Gasteiger partial charge in [0.15, 0.2) is 0 Å². The van der Waals surface area contributed by atoms with E-state index in [2.05, 4.69) is 55.0 Å². The van der Waals surface area contributed by atoms with Crippen molar-refractivity contribution >= 4 is 17.4 Å². The van der Waals surface area contributed by atoms with Gasteiger partial charge in [-0.2, -0.15) is 0 Å². The predicted octanol–water partition coefficient (Wildman–Crippen LogP) is 2.08. The summed E-state index contributed by atoms with van der Waals surface area (Å²) in [5.41, 5.74) is 2.57. The van der Waals surface area contributed by atoms with Crippen molar-refractivity contribution in [2.75, 3.05) is 50.5 Å². The maximum Gasteiger partial charge on any atom is 0.221 e. The van der Waals surface area contributed by atoms with Crippen molar-refractivity contribution < 1.29 is 4.79 Å². The number of hydrogen-bond acceptors (Lipinski definition) is 7. The number of aromatic nitrogens is 3. The van der Waals surface area contributed by atoms with Crippen LogP contribution in [-0.4, -0.2) is 70.9 Å². The molecule has 0 aromatic carbocycles. The molecule has 0 bridgehead atoms. The van der Waals surface area contributed by atoms with E-state index in [0.29, 0.717) is 6.54 Å². The first-order valence-corrected chi connectivity index (χ1v) is 10.0. The molecule has 1 aliphatic rings. The van der Waals surface area contributed by atoms with Crippen molar-refractivity contribution in [3.63, 3.8) is 0 Å². The number of carbonyl (C=O) groups is 1. The molecule has 2 aromatic rings. The highest BCUT2D eigenvalue weighted by molar-refractivity contribution is 5.89. The number of likely N-dealkylation sites (N-methyl/N-ethyl adjacent to an activating group) is 1. The lowest BCUT2D eigenvalue weighted by Crippen LogP contribution is -2.45. The summed E-state index contributed by atoms with van der Waals surface area (Å²) in [4.78, 5) is 32.2. The van der Waals surface area contributed by atoms with Crippen molar-refractivity contribution in [1.82, 2.24) is 24.8 Å². The van der Waals surface area contributed by atoms with Gasteiger partial charge in [0, 0.05) is 51.9 Å². The third-order valence-electron chi connectivity index (χ3n) is 5.32.